The highest BCUT2D eigenvalue weighted by atomic mass is 32.2. The molecule has 1 rings (SSSR count). The number of likely N-dealkylation sites (N-methyl/N-ethyl adjacent to an activating group) is 1. The topological polar surface area (TPSA) is 82.1 Å². The highest BCUT2D eigenvalue weighted by molar-refractivity contribution is 8.25. The van der Waals surface area contributed by atoms with E-state index in [9.17, 15) is 14.4 Å². The molecule has 0 spiro atoms. The van der Waals surface area contributed by atoms with Crippen LogP contribution in [0.3, 0.4) is 0 Å². The number of nitrogens with zero attached hydrogens (tertiary/aromatic N) is 1. The molecule has 0 N–H and O–H groups in total. The van der Waals surface area contributed by atoms with Crippen molar-refractivity contribution in [1.82, 2.24) is 4.90 Å². The molecule has 1 aliphatic heterocycles. The Morgan fingerprint density at radius 1 is 1.04 bits per heavy atom. The molecule has 1 aliphatic rings. The predicted molar refractivity (Wildman–Crippen MR) is 107 cm³/mol. The summed E-state index contributed by atoms with van der Waals surface area (Å²) in [5, 5.41) is 0. The van der Waals surface area contributed by atoms with Gasteiger partial charge in [0, 0.05) is 5.75 Å². The maximum absolute atomic E-state index is 12.4. The summed E-state index contributed by atoms with van der Waals surface area (Å²) in [6.45, 7) is 12.5. The van der Waals surface area contributed by atoms with Gasteiger partial charge in [-0.25, -0.2) is 9.59 Å². The zero-order chi connectivity index (χ0) is 20.6. The monoisotopic (exact) mass is 419 g/mol. The minimum absolute atomic E-state index is 0.130. The Morgan fingerprint density at radius 2 is 1.56 bits per heavy atom. The van der Waals surface area contributed by atoms with Gasteiger partial charge in [0.1, 0.15) is 0 Å². The van der Waals surface area contributed by atoms with Gasteiger partial charge in [-0.2, -0.15) is 0 Å². The molecule has 0 aromatic heterocycles. The van der Waals surface area contributed by atoms with Crippen LogP contribution in [-0.2, 0) is 28.6 Å². The molecule has 9 heteroatoms. The molecule has 0 saturated carbocycles. The van der Waals surface area contributed by atoms with Crippen molar-refractivity contribution in [3.05, 3.63) is 9.81 Å². The summed E-state index contributed by atoms with van der Waals surface area (Å²) >= 11 is 2.47. The fraction of sp³-hybridized carbons (Fsp3) is 0.722. The Hall–Kier alpha value is -1.19. The quantitative estimate of drug-likeness (QED) is 0.184. The molecule has 0 aromatic carbocycles. The van der Waals surface area contributed by atoms with E-state index in [4.69, 9.17) is 14.2 Å². The van der Waals surface area contributed by atoms with E-state index in [0.717, 1.165) is 13.1 Å². The smallest absolute Gasteiger partial charge is 0.347 e. The number of hydrogen-bond donors (Lipinski definition) is 0. The van der Waals surface area contributed by atoms with Crippen molar-refractivity contribution in [2.45, 2.75) is 59.2 Å². The molecule has 0 radical (unpaired) electrons. The second kappa shape index (κ2) is 11.6. The van der Waals surface area contributed by atoms with Gasteiger partial charge in [-0.3, -0.25) is 9.69 Å². The third-order valence-corrected chi connectivity index (χ3v) is 6.13. The lowest BCUT2D eigenvalue weighted by atomic mass is 10.3. The fourth-order valence-corrected chi connectivity index (χ4v) is 4.75. The number of carbonyl (C=O) groups excluding carboxylic acids is 3. The fourth-order valence-electron chi connectivity index (χ4n) is 2.13. The minimum Gasteiger partial charge on any atom is -0.459 e. The molecule has 0 amide bonds. The highest BCUT2D eigenvalue weighted by Gasteiger charge is 2.34. The van der Waals surface area contributed by atoms with E-state index in [1.165, 1.54) is 23.5 Å². The van der Waals surface area contributed by atoms with E-state index >= 15 is 0 Å². The van der Waals surface area contributed by atoms with Crippen molar-refractivity contribution < 1.29 is 28.6 Å². The van der Waals surface area contributed by atoms with E-state index in [1.54, 1.807) is 27.7 Å². The second-order valence-corrected chi connectivity index (χ2v) is 8.84. The molecule has 154 valence electrons. The molecular formula is C18H29NO6S2. The standard InChI is InChI=1S/C18H29NO6S2/c1-7-19(8-2)9-13(20)25-14-10-26-18(27-14)15(16(21)23-11(3)4)17(22)24-12(5)6/h11-12,14H,7-10H2,1-6H3. The maximum Gasteiger partial charge on any atom is 0.347 e. The average Bonchev–Trinajstić information content (AvgIpc) is 2.98. The lowest BCUT2D eigenvalue weighted by molar-refractivity contribution is -0.151. The summed E-state index contributed by atoms with van der Waals surface area (Å²) in [6.07, 6.45) is -0.724. The van der Waals surface area contributed by atoms with Gasteiger partial charge in [0.15, 0.2) is 11.0 Å². The molecule has 1 unspecified atom stereocenters. The van der Waals surface area contributed by atoms with Gasteiger partial charge in [-0.05, 0) is 40.8 Å². The van der Waals surface area contributed by atoms with Crippen LogP contribution in [0.5, 0.6) is 0 Å². The van der Waals surface area contributed by atoms with Crippen molar-refractivity contribution in [3.8, 4) is 0 Å². The van der Waals surface area contributed by atoms with E-state index in [1.807, 2.05) is 18.7 Å². The summed E-state index contributed by atoms with van der Waals surface area (Å²) in [4.78, 5) is 38.8. The molecule has 0 aliphatic carbocycles. The number of ether oxygens (including phenoxy) is 3. The van der Waals surface area contributed by atoms with Gasteiger partial charge in [-0.1, -0.05) is 25.6 Å². The molecule has 1 heterocycles. The van der Waals surface area contributed by atoms with Crippen molar-refractivity contribution in [1.29, 1.82) is 0 Å². The van der Waals surface area contributed by atoms with Crippen LogP contribution in [-0.4, -0.2) is 65.8 Å². The van der Waals surface area contributed by atoms with Crippen LogP contribution < -0.4 is 0 Å². The number of rotatable bonds is 9. The van der Waals surface area contributed by atoms with Gasteiger partial charge >= 0.3 is 17.9 Å². The summed E-state index contributed by atoms with van der Waals surface area (Å²) in [7, 11) is 0. The zero-order valence-corrected chi connectivity index (χ0v) is 18.4. The van der Waals surface area contributed by atoms with Crippen LogP contribution in [0.25, 0.3) is 0 Å². The predicted octanol–water partition coefficient (Wildman–Crippen LogP) is 2.79. The number of hydrogen-bond acceptors (Lipinski definition) is 9. The van der Waals surface area contributed by atoms with Crippen molar-refractivity contribution in [2.24, 2.45) is 0 Å². The van der Waals surface area contributed by atoms with Crippen LogP contribution in [0, 0.1) is 0 Å². The van der Waals surface area contributed by atoms with Gasteiger partial charge in [-0.15, -0.1) is 11.8 Å². The van der Waals surface area contributed by atoms with Crippen LogP contribution in [0.2, 0.25) is 0 Å². The van der Waals surface area contributed by atoms with Crippen LogP contribution in [0.4, 0.5) is 0 Å². The van der Waals surface area contributed by atoms with Crippen molar-refractivity contribution in [3.63, 3.8) is 0 Å². The maximum atomic E-state index is 12.4. The molecule has 7 nitrogen and oxygen atoms in total. The van der Waals surface area contributed by atoms with Crippen LogP contribution >= 0.6 is 23.5 Å². The van der Waals surface area contributed by atoms with Crippen molar-refractivity contribution in [2.75, 3.05) is 25.4 Å². The number of esters is 3. The zero-order valence-electron chi connectivity index (χ0n) is 16.8. The Morgan fingerprint density at radius 3 is 2.00 bits per heavy atom. The molecule has 0 bridgehead atoms. The Kier molecular flexibility index (Phi) is 10.3. The molecule has 1 fully saturated rings. The van der Waals surface area contributed by atoms with E-state index < -0.39 is 17.4 Å². The molecule has 1 saturated heterocycles. The Bertz CT molecular complexity index is 548. The van der Waals surface area contributed by atoms with Gasteiger partial charge in [0.05, 0.1) is 23.0 Å². The van der Waals surface area contributed by atoms with Gasteiger partial charge in [0.25, 0.3) is 0 Å². The number of thioether (sulfide) groups is 2. The summed E-state index contributed by atoms with van der Waals surface area (Å²) in [5.74, 6) is -1.31. The summed E-state index contributed by atoms with van der Waals surface area (Å²) < 4.78 is 16.3. The first kappa shape index (κ1) is 23.8. The lowest BCUT2D eigenvalue weighted by Gasteiger charge is -2.18. The van der Waals surface area contributed by atoms with Gasteiger partial charge in [0.2, 0.25) is 0 Å². The molecule has 0 aromatic rings. The summed E-state index contributed by atoms with van der Waals surface area (Å²) in [5.41, 5.74) is -0.587. The second-order valence-electron chi connectivity index (χ2n) is 6.38. The molecule has 1 atom stereocenters. The highest BCUT2D eigenvalue weighted by Crippen LogP contribution is 2.44. The largest absolute Gasteiger partial charge is 0.459 e. The third kappa shape index (κ3) is 8.15. The molecular weight excluding hydrogens is 390 g/mol. The minimum atomic E-state index is -0.722. The SMILES string of the molecule is CCN(CC)CC(=O)OC1CSC(=C(C(=O)OC(C)C)C(=O)OC(C)C)S1. The Balaban J connectivity index is 2.86. The van der Waals surface area contributed by atoms with Crippen LogP contribution in [0.1, 0.15) is 41.5 Å². The summed E-state index contributed by atoms with van der Waals surface area (Å²) in [6, 6.07) is 0. The third-order valence-electron chi connectivity index (χ3n) is 3.40. The Labute approximate surface area is 169 Å². The average molecular weight is 420 g/mol. The first-order chi connectivity index (χ1) is 12.7. The first-order valence-corrected chi connectivity index (χ1v) is 10.9. The molecule has 27 heavy (non-hydrogen) atoms. The lowest BCUT2D eigenvalue weighted by Crippen LogP contribution is -2.32. The first-order valence-electron chi connectivity index (χ1n) is 9.05. The van der Waals surface area contributed by atoms with E-state index in [2.05, 4.69) is 0 Å². The van der Waals surface area contributed by atoms with Crippen molar-refractivity contribution >= 4 is 41.4 Å². The van der Waals surface area contributed by atoms with E-state index in [0.29, 0.717) is 9.99 Å². The number of carbonyl (C=O) groups is 3. The van der Waals surface area contributed by atoms with Gasteiger partial charge < -0.3 is 14.2 Å². The van der Waals surface area contributed by atoms with E-state index in [-0.39, 0.29) is 30.3 Å². The van der Waals surface area contributed by atoms with Crippen LogP contribution in [0.15, 0.2) is 9.81 Å². The normalized spacial score (nSPS) is 16.8.